The van der Waals surface area contributed by atoms with Crippen molar-refractivity contribution in [1.82, 2.24) is 4.98 Å². The van der Waals surface area contributed by atoms with Crippen molar-refractivity contribution in [3.05, 3.63) is 54.2 Å². The molecule has 0 N–H and O–H groups in total. The lowest BCUT2D eigenvalue weighted by molar-refractivity contribution is 0.882. The van der Waals surface area contributed by atoms with E-state index in [1.807, 2.05) is 12.3 Å². The molecule has 3 rings (SSSR count). The van der Waals surface area contributed by atoms with Crippen molar-refractivity contribution in [2.45, 2.75) is 19.8 Å². The van der Waals surface area contributed by atoms with Crippen LogP contribution in [0.2, 0.25) is 0 Å². The van der Waals surface area contributed by atoms with Gasteiger partial charge in [0.1, 0.15) is 0 Å². The number of rotatable bonds is 1. The van der Waals surface area contributed by atoms with E-state index in [4.69, 9.17) is 0 Å². The molecule has 0 aliphatic heterocycles. The molecule has 1 nitrogen and oxygen atoms in total. The first-order valence-corrected chi connectivity index (χ1v) is 6.04. The van der Waals surface area contributed by atoms with Gasteiger partial charge in [-0.25, -0.2) is 0 Å². The fraction of sp³-hybridized carbons (Fsp3) is 0.188. The number of pyridine rings is 1. The lowest BCUT2D eigenvalue weighted by Crippen LogP contribution is -1.94. The topological polar surface area (TPSA) is 12.9 Å². The van der Waals surface area contributed by atoms with E-state index in [9.17, 15) is 0 Å². The molecule has 0 radical (unpaired) electrons. The molecule has 0 aliphatic rings. The molecule has 0 atom stereocenters. The Labute approximate surface area is 101 Å². The number of nitrogens with zero attached hydrogens (tertiary/aromatic N) is 1. The summed E-state index contributed by atoms with van der Waals surface area (Å²) in [5.74, 6) is 0.485. The van der Waals surface area contributed by atoms with Gasteiger partial charge in [-0.2, -0.15) is 0 Å². The molecule has 84 valence electrons. The fourth-order valence-corrected chi connectivity index (χ4v) is 2.51. The van der Waals surface area contributed by atoms with Gasteiger partial charge in [-0.05, 0) is 34.4 Å². The molecule has 1 heteroatoms. The first kappa shape index (κ1) is 10.3. The maximum Gasteiger partial charge on any atom is 0.0742 e. The maximum absolute atomic E-state index is 4.55. The number of hydrogen-bond donors (Lipinski definition) is 0. The predicted molar refractivity (Wildman–Crippen MR) is 73.3 cm³/mol. The van der Waals surface area contributed by atoms with Gasteiger partial charge in [-0.1, -0.05) is 44.2 Å². The first-order chi connectivity index (χ1) is 8.27. The number of benzene rings is 2. The summed E-state index contributed by atoms with van der Waals surface area (Å²) in [6.07, 6.45) is 1.88. The molecular formula is C16H15N. The zero-order valence-electron chi connectivity index (χ0n) is 10.1. The molecule has 0 amide bonds. The van der Waals surface area contributed by atoms with E-state index in [0.717, 1.165) is 5.52 Å². The van der Waals surface area contributed by atoms with Crippen LogP contribution in [-0.4, -0.2) is 4.98 Å². The van der Waals surface area contributed by atoms with E-state index in [1.165, 1.54) is 21.7 Å². The Hall–Kier alpha value is -1.89. The highest BCUT2D eigenvalue weighted by molar-refractivity contribution is 6.00. The Bertz CT molecular complexity index is 629. The molecule has 0 bridgehead atoms. The SMILES string of the molecule is CC(C)c1c2ccccc2cc2cccnc12. The minimum Gasteiger partial charge on any atom is -0.256 e. The highest BCUT2D eigenvalue weighted by Crippen LogP contribution is 2.31. The van der Waals surface area contributed by atoms with E-state index in [2.05, 4.69) is 55.2 Å². The Morgan fingerprint density at radius 1 is 0.941 bits per heavy atom. The molecule has 0 saturated heterocycles. The van der Waals surface area contributed by atoms with Gasteiger partial charge in [0.25, 0.3) is 0 Å². The van der Waals surface area contributed by atoms with Crippen molar-refractivity contribution in [1.29, 1.82) is 0 Å². The average Bonchev–Trinajstić information content (AvgIpc) is 2.35. The van der Waals surface area contributed by atoms with Crippen LogP contribution in [0.5, 0.6) is 0 Å². The highest BCUT2D eigenvalue weighted by Gasteiger charge is 2.10. The summed E-state index contributed by atoms with van der Waals surface area (Å²) in [4.78, 5) is 4.55. The Morgan fingerprint density at radius 3 is 2.53 bits per heavy atom. The van der Waals surface area contributed by atoms with Crippen LogP contribution in [0.3, 0.4) is 0 Å². The maximum atomic E-state index is 4.55. The Kier molecular flexibility index (Phi) is 2.32. The average molecular weight is 221 g/mol. The van der Waals surface area contributed by atoms with Crippen molar-refractivity contribution in [3.8, 4) is 0 Å². The van der Waals surface area contributed by atoms with Crippen LogP contribution in [0.25, 0.3) is 21.7 Å². The van der Waals surface area contributed by atoms with E-state index in [0.29, 0.717) is 5.92 Å². The van der Waals surface area contributed by atoms with Crippen LogP contribution in [0.4, 0.5) is 0 Å². The number of hydrogen-bond acceptors (Lipinski definition) is 1. The zero-order valence-corrected chi connectivity index (χ0v) is 10.1. The minimum absolute atomic E-state index is 0.485. The third-order valence-electron chi connectivity index (χ3n) is 3.23. The third-order valence-corrected chi connectivity index (χ3v) is 3.23. The summed E-state index contributed by atoms with van der Waals surface area (Å²) in [5, 5.41) is 3.86. The van der Waals surface area contributed by atoms with Crippen LogP contribution in [-0.2, 0) is 0 Å². The van der Waals surface area contributed by atoms with Crippen LogP contribution >= 0.6 is 0 Å². The van der Waals surface area contributed by atoms with Gasteiger partial charge in [-0.15, -0.1) is 0 Å². The molecule has 3 aromatic rings. The molecule has 17 heavy (non-hydrogen) atoms. The zero-order chi connectivity index (χ0) is 11.8. The normalized spacial score (nSPS) is 11.5. The van der Waals surface area contributed by atoms with Crippen molar-refractivity contribution in [2.75, 3.05) is 0 Å². The van der Waals surface area contributed by atoms with Crippen LogP contribution in [0.15, 0.2) is 48.7 Å². The second-order valence-electron chi connectivity index (χ2n) is 4.74. The van der Waals surface area contributed by atoms with Gasteiger partial charge >= 0.3 is 0 Å². The monoisotopic (exact) mass is 221 g/mol. The van der Waals surface area contributed by atoms with Crippen LogP contribution < -0.4 is 0 Å². The molecule has 0 saturated carbocycles. The molecule has 0 spiro atoms. The molecular weight excluding hydrogens is 206 g/mol. The molecule has 1 aromatic heterocycles. The van der Waals surface area contributed by atoms with Gasteiger partial charge in [0, 0.05) is 11.6 Å². The quantitative estimate of drug-likeness (QED) is 0.551. The molecule has 0 fully saturated rings. The van der Waals surface area contributed by atoms with Crippen LogP contribution in [0.1, 0.15) is 25.3 Å². The standard InChI is InChI=1S/C16H15N/c1-11(2)15-14-8-4-3-6-12(14)10-13-7-5-9-17-16(13)15/h3-11H,1-2H3. The lowest BCUT2D eigenvalue weighted by atomic mass is 9.93. The molecule has 1 heterocycles. The number of aromatic nitrogens is 1. The van der Waals surface area contributed by atoms with Gasteiger partial charge in [0.2, 0.25) is 0 Å². The summed E-state index contributed by atoms with van der Waals surface area (Å²) >= 11 is 0. The summed E-state index contributed by atoms with van der Waals surface area (Å²) in [6.45, 7) is 4.46. The minimum atomic E-state index is 0.485. The van der Waals surface area contributed by atoms with E-state index >= 15 is 0 Å². The predicted octanol–water partition coefficient (Wildman–Crippen LogP) is 4.51. The summed E-state index contributed by atoms with van der Waals surface area (Å²) in [5.41, 5.74) is 2.50. The first-order valence-electron chi connectivity index (χ1n) is 6.04. The van der Waals surface area contributed by atoms with Gasteiger partial charge in [0.15, 0.2) is 0 Å². The largest absolute Gasteiger partial charge is 0.256 e. The van der Waals surface area contributed by atoms with Crippen molar-refractivity contribution in [2.24, 2.45) is 0 Å². The summed E-state index contributed by atoms with van der Waals surface area (Å²) in [7, 11) is 0. The van der Waals surface area contributed by atoms with Crippen molar-refractivity contribution >= 4 is 21.7 Å². The van der Waals surface area contributed by atoms with E-state index < -0.39 is 0 Å². The van der Waals surface area contributed by atoms with E-state index in [-0.39, 0.29) is 0 Å². The van der Waals surface area contributed by atoms with Crippen LogP contribution in [0, 0.1) is 0 Å². The van der Waals surface area contributed by atoms with Crippen molar-refractivity contribution in [3.63, 3.8) is 0 Å². The highest BCUT2D eigenvalue weighted by atomic mass is 14.7. The van der Waals surface area contributed by atoms with Crippen molar-refractivity contribution < 1.29 is 0 Å². The molecule has 0 aliphatic carbocycles. The summed E-state index contributed by atoms with van der Waals surface area (Å²) < 4.78 is 0. The van der Waals surface area contributed by atoms with Gasteiger partial charge in [-0.3, -0.25) is 4.98 Å². The molecule has 0 unspecified atom stereocenters. The Balaban J connectivity index is 2.56. The van der Waals surface area contributed by atoms with Gasteiger partial charge in [0.05, 0.1) is 5.52 Å². The Morgan fingerprint density at radius 2 is 1.71 bits per heavy atom. The van der Waals surface area contributed by atoms with Gasteiger partial charge < -0.3 is 0 Å². The van der Waals surface area contributed by atoms with E-state index in [1.54, 1.807) is 0 Å². The summed E-state index contributed by atoms with van der Waals surface area (Å²) in [6, 6.07) is 14.9. The second-order valence-corrected chi connectivity index (χ2v) is 4.74. The lowest BCUT2D eigenvalue weighted by Gasteiger charge is -2.13. The fourth-order valence-electron chi connectivity index (χ4n) is 2.51. The smallest absolute Gasteiger partial charge is 0.0742 e. The number of fused-ring (bicyclic) bond motifs is 2. The molecule has 2 aromatic carbocycles. The second kappa shape index (κ2) is 3.85. The third kappa shape index (κ3) is 1.59.